The van der Waals surface area contributed by atoms with E-state index in [-0.39, 0.29) is 11.5 Å². The number of hydrogen-bond donors (Lipinski definition) is 3. The number of phenolic OH excluding ortho intramolecular Hbond substituents is 2. The van der Waals surface area contributed by atoms with E-state index in [0.717, 1.165) is 35.6 Å². The van der Waals surface area contributed by atoms with E-state index in [1.54, 1.807) is 18.5 Å². The Morgan fingerprint density at radius 1 is 1.08 bits per heavy atom. The highest BCUT2D eigenvalue weighted by atomic mass is 16.3. The smallest absolute Gasteiger partial charge is 0.158 e. The first-order valence-corrected chi connectivity index (χ1v) is 8.33. The largest absolute Gasteiger partial charge is 0.504 e. The first kappa shape index (κ1) is 14.8. The molecular weight excluding hydrogens is 304 g/mol. The Labute approximate surface area is 139 Å². The summed E-state index contributed by atoms with van der Waals surface area (Å²) in [6, 6.07) is 5.21. The molecule has 6 heteroatoms. The van der Waals surface area contributed by atoms with E-state index in [4.69, 9.17) is 0 Å². The molecule has 24 heavy (non-hydrogen) atoms. The molecule has 6 nitrogen and oxygen atoms in total. The third-order valence-corrected chi connectivity index (χ3v) is 4.63. The van der Waals surface area contributed by atoms with Crippen molar-refractivity contribution in [3.63, 3.8) is 0 Å². The van der Waals surface area contributed by atoms with Gasteiger partial charge in [0.05, 0.1) is 6.20 Å². The molecule has 0 radical (unpaired) electrons. The number of imidazole rings is 1. The van der Waals surface area contributed by atoms with Gasteiger partial charge in [-0.15, -0.1) is 0 Å². The Bertz CT molecular complexity index is 869. The fourth-order valence-electron chi connectivity index (χ4n) is 3.36. The summed E-state index contributed by atoms with van der Waals surface area (Å²) in [5.41, 5.74) is 2.26. The quantitative estimate of drug-likeness (QED) is 0.642. The fourth-order valence-corrected chi connectivity index (χ4v) is 3.36. The second-order valence-corrected chi connectivity index (χ2v) is 6.30. The van der Waals surface area contributed by atoms with Crippen LogP contribution in [0.5, 0.6) is 11.5 Å². The van der Waals surface area contributed by atoms with Crippen LogP contribution in [0.25, 0.3) is 16.9 Å². The van der Waals surface area contributed by atoms with Gasteiger partial charge in [-0.2, -0.15) is 0 Å². The molecule has 4 rings (SSSR count). The topological polar surface area (TPSA) is 82.7 Å². The van der Waals surface area contributed by atoms with E-state index < -0.39 is 0 Å². The van der Waals surface area contributed by atoms with Crippen LogP contribution in [-0.2, 0) is 0 Å². The van der Waals surface area contributed by atoms with Crippen molar-refractivity contribution in [2.45, 2.75) is 38.1 Å². The molecule has 0 amide bonds. The third-order valence-electron chi connectivity index (χ3n) is 4.63. The summed E-state index contributed by atoms with van der Waals surface area (Å²) in [5, 5.41) is 23.0. The van der Waals surface area contributed by atoms with Crippen LogP contribution in [0.3, 0.4) is 0 Å². The molecule has 124 valence electrons. The highest BCUT2D eigenvalue weighted by Crippen LogP contribution is 2.35. The standard InChI is InChI=1S/C18H20N4O2/c23-14-7-6-12(10-15(14)24)17-18(20-13-4-2-1-3-5-13)22-9-8-19-11-16(22)21-17/h6-11,13,20,23-24H,1-5H2. The van der Waals surface area contributed by atoms with Crippen LogP contribution in [-0.4, -0.2) is 30.6 Å². The number of aromatic nitrogens is 3. The summed E-state index contributed by atoms with van der Waals surface area (Å²) < 4.78 is 1.99. The van der Waals surface area contributed by atoms with E-state index in [9.17, 15) is 10.2 Å². The van der Waals surface area contributed by atoms with Gasteiger partial charge in [0.2, 0.25) is 0 Å². The normalized spacial score (nSPS) is 15.7. The number of anilines is 1. The van der Waals surface area contributed by atoms with Gasteiger partial charge in [0.1, 0.15) is 11.5 Å². The van der Waals surface area contributed by atoms with E-state index in [2.05, 4.69) is 15.3 Å². The molecule has 1 saturated carbocycles. The molecule has 0 atom stereocenters. The van der Waals surface area contributed by atoms with Gasteiger partial charge in [-0.05, 0) is 31.0 Å². The number of nitrogens with one attached hydrogen (secondary N) is 1. The molecule has 0 saturated heterocycles. The van der Waals surface area contributed by atoms with Gasteiger partial charge in [0.25, 0.3) is 0 Å². The Kier molecular flexibility index (Phi) is 3.72. The zero-order valence-electron chi connectivity index (χ0n) is 13.3. The molecule has 1 aliphatic rings. The summed E-state index contributed by atoms with van der Waals surface area (Å²) in [5.74, 6) is 0.627. The summed E-state index contributed by atoms with van der Waals surface area (Å²) in [7, 11) is 0. The first-order chi connectivity index (χ1) is 11.7. The number of rotatable bonds is 3. The molecule has 1 aliphatic carbocycles. The molecule has 0 spiro atoms. The predicted octanol–water partition coefficient (Wildman–Crippen LogP) is 3.55. The number of fused-ring (bicyclic) bond motifs is 1. The van der Waals surface area contributed by atoms with Crippen LogP contribution < -0.4 is 5.32 Å². The van der Waals surface area contributed by atoms with Gasteiger partial charge >= 0.3 is 0 Å². The lowest BCUT2D eigenvalue weighted by atomic mass is 9.95. The SMILES string of the molecule is Oc1ccc(-c2nc3cnccn3c2NC2CCCCC2)cc1O. The van der Waals surface area contributed by atoms with E-state index in [1.165, 1.54) is 31.4 Å². The lowest BCUT2D eigenvalue weighted by Crippen LogP contribution is -2.23. The summed E-state index contributed by atoms with van der Waals surface area (Å²) >= 11 is 0. The van der Waals surface area contributed by atoms with Crippen molar-refractivity contribution in [3.8, 4) is 22.8 Å². The average molecular weight is 324 g/mol. The van der Waals surface area contributed by atoms with Crippen molar-refractivity contribution in [3.05, 3.63) is 36.8 Å². The van der Waals surface area contributed by atoms with Crippen LogP contribution >= 0.6 is 0 Å². The van der Waals surface area contributed by atoms with Gasteiger partial charge in [0, 0.05) is 24.0 Å². The number of aromatic hydroxyl groups is 2. The molecule has 1 aromatic carbocycles. The fraction of sp³-hybridized carbons (Fsp3) is 0.333. The average Bonchev–Trinajstić information content (AvgIpc) is 2.97. The van der Waals surface area contributed by atoms with Crippen molar-refractivity contribution in [2.75, 3.05) is 5.32 Å². The zero-order valence-corrected chi connectivity index (χ0v) is 13.3. The zero-order chi connectivity index (χ0) is 16.5. The van der Waals surface area contributed by atoms with Crippen molar-refractivity contribution in [1.29, 1.82) is 0 Å². The van der Waals surface area contributed by atoms with Crippen LogP contribution in [0.4, 0.5) is 5.82 Å². The molecule has 3 N–H and O–H groups in total. The Morgan fingerprint density at radius 3 is 2.71 bits per heavy atom. The third kappa shape index (κ3) is 2.64. The summed E-state index contributed by atoms with van der Waals surface area (Å²) in [6.07, 6.45) is 11.4. The molecule has 2 aromatic heterocycles. The highest BCUT2D eigenvalue weighted by Gasteiger charge is 2.20. The molecule has 2 heterocycles. The van der Waals surface area contributed by atoms with E-state index in [0.29, 0.717) is 6.04 Å². The van der Waals surface area contributed by atoms with E-state index in [1.807, 2.05) is 10.6 Å². The van der Waals surface area contributed by atoms with Gasteiger partial charge in [-0.25, -0.2) is 4.98 Å². The van der Waals surface area contributed by atoms with Crippen LogP contribution in [0.1, 0.15) is 32.1 Å². The second-order valence-electron chi connectivity index (χ2n) is 6.30. The van der Waals surface area contributed by atoms with Crippen molar-refractivity contribution in [2.24, 2.45) is 0 Å². The van der Waals surface area contributed by atoms with Gasteiger partial charge < -0.3 is 15.5 Å². The van der Waals surface area contributed by atoms with Crippen molar-refractivity contribution >= 4 is 11.5 Å². The molecular formula is C18H20N4O2. The lowest BCUT2D eigenvalue weighted by molar-refractivity contribution is 0.404. The maximum Gasteiger partial charge on any atom is 0.158 e. The van der Waals surface area contributed by atoms with Crippen LogP contribution in [0, 0.1) is 0 Å². The minimum absolute atomic E-state index is 0.133. The monoisotopic (exact) mass is 324 g/mol. The highest BCUT2D eigenvalue weighted by molar-refractivity contribution is 5.77. The number of hydrogen-bond acceptors (Lipinski definition) is 5. The van der Waals surface area contributed by atoms with E-state index >= 15 is 0 Å². The Hall–Kier alpha value is -2.76. The minimum atomic E-state index is -0.147. The van der Waals surface area contributed by atoms with Crippen molar-refractivity contribution in [1.82, 2.24) is 14.4 Å². The minimum Gasteiger partial charge on any atom is -0.504 e. The van der Waals surface area contributed by atoms with Gasteiger partial charge in [-0.3, -0.25) is 9.38 Å². The predicted molar refractivity (Wildman–Crippen MR) is 92.2 cm³/mol. The lowest BCUT2D eigenvalue weighted by Gasteiger charge is -2.24. The first-order valence-electron chi connectivity index (χ1n) is 8.33. The van der Waals surface area contributed by atoms with Crippen LogP contribution in [0.15, 0.2) is 36.8 Å². The maximum atomic E-state index is 9.83. The number of benzene rings is 1. The maximum absolute atomic E-state index is 9.83. The number of nitrogens with zero attached hydrogens (tertiary/aromatic N) is 3. The molecule has 0 aliphatic heterocycles. The molecule has 0 bridgehead atoms. The van der Waals surface area contributed by atoms with Crippen molar-refractivity contribution < 1.29 is 10.2 Å². The molecule has 1 fully saturated rings. The second kappa shape index (κ2) is 6.03. The summed E-state index contributed by atoms with van der Waals surface area (Å²) in [6.45, 7) is 0. The van der Waals surface area contributed by atoms with Gasteiger partial charge in [-0.1, -0.05) is 19.3 Å². The Morgan fingerprint density at radius 2 is 1.92 bits per heavy atom. The summed E-state index contributed by atoms with van der Waals surface area (Å²) in [4.78, 5) is 8.80. The molecule has 3 aromatic rings. The molecule has 0 unspecified atom stereocenters. The Balaban J connectivity index is 1.81. The van der Waals surface area contributed by atoms with Gasteiger partial charge in [0.15, 0.2) is 17.1 Å². The van der Waals surface area contributed by atoms with Crippen LogP contribution in [0.2, 0.25) is 0 Å². The number of phenols is 2.